The molecule has 88 valence electrons. The van der Waals surface area contributed by atoms with Crippen molar-refractivity contribution >= 4 is 5.78 Å². The number of carbonyl (C=O) groups is 1. The molecule has 0 saturated carbocycles. The zero-order valence-electron chi connectivity index (χ0n) is 10.3. The number of rotatable bonds is 8. The first kappa shape index (κ1) is 14.4. The van der Waals surface area contributed by atoms with Gasteiger partial charge in [0.05, 0.1) is 0 Å². The molecular formula is C13H24O2. The lowest BCUT2D eigenvalue weighted by molar-refractivity contribution is -0.128. The van der Waals surface area contributed by atoms with Crippen LogP contribution in [0.2, 0.25) is 0 Å². The standard InChI is InChI=1S/C13H24O2/c1-4-5-6-7-8-9-10-11-12(14)13(2,3)15/h10-11,15H,4-9H2,1-3H3/b11-10+. The van der Waals surface area contributed by atoms with E-state index < -0.39 is 5.60 Å². The minimum absolute atomic E-state index is 0.212. The molecule has 0 bridgehead atoms. The second kappa shape index (κ2) is 7.63. The largest absolute Gasteiger partial charge is 0.382 e. The van der Waals surface area contributed by atoms with E-state index >= 15 is 0 Å². The molecular weight excluding hydrogens is 188 g/mol. The highest BCUT2D eigenvalue weighted by molar-refractivity contribution is 5.95. The van der Waals surface area contributed by atoms with E-state index in [4.69, 9.17) is 0 Å². The molecule has 0 heterocycles. The van der Waals surface area contributed by atoms with Crippen molar-refractivity contribution in [1.82, 2.24) is 0 Å². The Morgan fingerprint density at radius 3 is 2.33 bits per heavy atom. The summed E-state index contributed by atoms with van der Waals surface area (Å²) in [6.45, 7) is 5.23. The Morgan fingerprint density at radius 2 is 1.80 bits per heavy atom. The predicted molar refractivity (Wildman–Crippen MR) is 63.8 cm³/mol. The summed E-state index contributed by atoms with van der Waals surface area (Å²) in [5, 5.41) is 9.36. The number of allylic oxidation sites excluding steroid dienone is 1. The normalized spacial score (nSPS) is 12.3. The lowest BCUT2D eigenvalue weighted by Gasteiger charge is -2.11. The molecule has 2 heteroatoms. The molecule has 0 aromatic carbocycles. The van der Waals surface area contributed by atoms with Crippen molar-refractivity contribution < 1.29 is 9.90 Å². The van der Waals surface area contributed by atoms with Gasteiger partial charge in [-0.3, -0.25) is 4.79 Å². The quantitative estimate of drug-likeness (QED) is 0.495. The number of unbranched alkanes of at least 4 members (excludes halogenated alkanes) is 5. The summed E-state index contributed by atoms with van der Waals surface area (Å²) >= 11 is 0. The van der Waals surface area contributed by atoms with Crippen LogP contribution in [0.15, 0.2) is 12.2 Å². The van der Waals surface area contributed by atoms with Crippen molar-refractivity contribution in [3.8, 4) is 0 Å². The van der Waals surface area contributed by atoms with Crippen LogP contribution in [0, 0.1) is 0 Å². The number of hydrogen-bond acceptors (Lipinski definition) is 2. The molecule has 0 unspecified atom stereocenters. The van der Waals surface area contributed by atoms with Gasteiger partial charge in [-0.25, -0.2) is 0 Å². The second-order valence-electron chi connectivity index (χ2n) is 4.53. The molecule has 0 aliphatic carbocycles. The van der Waals surface area contributed by atoms with Gasteiger partial charge in [0.2, 0.25) is 0 Å². The highest BCUT2D eigenvalue weighted by Crippen LogP contribution is 2.07. The molecule has 0 aliphatic rings. The first-order valence-electron chi connectivity index (χ1n) is 5.92. The van der Waals surface area contributed by atoms with E-state index in [0.29, 0.717) is 0 Å². The van der Waals surface area contributed by atoms with E-state index in [1.54, 1.807) is 0 Å². The number of hydrogen-bond donors (Lipinski definition) is 1. The molecule has 0 aliphatic heterocycles. The fourth-order valence-corrected chi connectivity index (χ4v) is 1.26. The summed E-state index contributed by atoms with van der Waals surface area (Å²) < 4.78 is 0. The Kier molecular flexibility index (Phi) is 7.31. The van der Waals surface area contributed by atoms with Crippen molar-refractivity contribution in [2.45, 2.75) is 64.9 Å². The smallest absolute Gasteiger partial charge is 0.186 e. The predicted octanol–water partition coefficient (Wildman–Crippen LogP) is 3.24. The van der Waals surface area contributed by atoms with Gasteiger partial charge in [0, 0.05) is 0 Å². The maximum atomic E-state index is 11.3. The summed E-state index contributed by atoms with van der Waals surface area (Å²) in [6, 6.07) is 0. The van der Waals surface area contributed by atoms with Crippen LogP contribution >= 0.6 is 0 Å². The van der Waals surface area contributed by atoms with E-state index in [1.165, 1.54) is 45.6 Å². The molecule has 1 N–H and O–H groups in total. The van der Waals surface area contributed by atoms with Crippen molar-refractivity contribution in [1.29, 1.82) is 0 Å². The third-order valence-electron chi connectivity index (χ3n) is 2.35. The van der Waals surface area contributed by atoms with E-state index in [0.717, 1.165) is 12.8 Å². The van der Waals surface area contributed by atoms with Gasteiger partial charge in [-0.05, 0) is 32.8 Å². The average Bonchev–Trinajstić information content (AvgIpc) is 2.14. The van der Waals surface area contributed by atoms with Crippen molar-refractivity contribution in [2.75, 3.05) is 0 Å². The molecule has 15 heavy (non-hydrogen) atoms. The van der Waals surface area contributed by atoms with Crippen LogP contribution in [0.25, 0.3) is 0 Å². The summed E-state index contributed by atoms with van der Waals surface area (Å²) in [4.78, 5) is 11.3. The van der Waals surface area contributed by atoms with Gasteiger partial charge in [0.1, 0.15) is 5.60 Å². The minimum atomic E-state index is -1.22. The molecule has 0 fully saturated rings. The first-order chi connectivity index (χ1) is 6.98. The Labute approximate surface area is 93.4 Å². The molecule has 0 amide bonds. The third kappa shape index (κ3) is 8.37. The van der Waals surface area contributed by atoms with Gasteiger partial charge in [-0.2, -0.15) is 0 Å². The molecule has 0 saturated heterocycles. The molecule has 0 radical (unpaired) electrons. The maximum Gasteiger partial charge on any atom is 0.186 e. The fourth-order valence-electron chi connectivity index (χ4n) is 1.26. The lowest BCUT2D eigenvalue weighted by atomic mass is 10.0. The lowest BCUT2D eigenvalue weighted by Crippen LogP contribution is -2.29. The molecule has 0 atom stereocenters. The van der Waals surface area contributed by atoms with Gasteiger partial charge in [0.25, 0.3) is 0 Å². The topological polar surface area (TPSA) is 37.3 Å². The van der Waals surface area contributed by atoms with Gasteiger partial charge in [0.15, 0.2) is 5.78 Å². The summed E-state index contributed by atoms with van der Waals surface area (Å²) in [5.41, 5.74) is -1.22. The van der Waals surface area contributed by atoms with E-state index in [-0.39, 0.29) is 5.78 Å². The Hall–Kier alpha value is -0.630. The monoisotopic (exact) mass is 212 g/mol. The van der Waals surface area contributed by atoms with Crippen molar-refractivity contribution in [2.24, 2.45) is 0 Å². The summed E-state index contributed by atoms with van der Waals surface area (Å²) in [7, 11) is 0. The number of ketones is 1. The van der Waals surface area contributed by atoms with Crippen molar-refractivity contribution in [3.05, 3.63) is 12.2 Å². The van der Waals surface area contributed by atoms with Crippen LogP contribution in [0.4, 0.5) is 0 Å². The Balaban J connectivity index is 3.51. The van der Waals surface area contributed by atoms with E-state index in [2.05, 4.69) is 6.92 Å². The minimum Gasteiger partial charge on any atom is -0.382 e. The fraction of sp³-hybridized carbons (Fsp3) is 0.769. The second-order valence-corrected chi connectivity index (χ2v) is 4.53. The van der Waals surface area contributed by atoms with Crippen molar-refractivity contribution in [3.63, 3.8) is 0 Å². The highest BCUT2D eigenvalue weighted by Gasteiger charge is 2.20. The summed E-state index contributed by atoms with van der Waals surface area (Å²) in [6.07, 6.45) is 10.5. The molecule has 0 rings (SSSR count). The van der Waals surface area contributed by atoms with Crippen LogP contribution in [-0.4, -0.2) is 16.5 Å². The van der Waals surface area contributed by atoms with Gasteiger partial charge >= 0.3 is 0 Å². The van der Waals surface area contributed by atoms with E-state index in [1.807, 2.05) is 6.08 Å². The molecule has 0 spiro atoms. The van der Waals surface area contributed by atoms with Crippen LogP contribution in [0.3, 0.4) is 0 Å². The Bertz CT molecular complexity index is 199. The Morgan fingerprint density at radius 1 is 1.20 bits per heavy atom. The molecule has 0 aromatic rings. The maximum absolute atomic E-state index is 11.3. The average molecular weight is 212 g/mol. The molecule has 2 nitrogen and oxygen atoms in total. The van der Waals surface area contributed by atoms with Crippen LogP contribution in [0.1, 0.15) is 59.3 Å². The van der Waals surface area contributed by atoms with Crippen LogP contribution in [0.5, 0.6) is 0 Å². The van der Waals surface area contributed by atoms with Gasteiger partial charge < -0.3 is 5.11 Å². The van der Waals surface area contributed by atoms with Gasteiger partial charge in [-0.1, -0.05) is 38.7 Å². The SMILES string of the molecule is CCCCCCC/C=C/C(=O)C(C)(C)O. The molecule has 0 aromatic heterocycles. The third-order valence-corrected chi connectivity index (χ3v) is 2.35. The first-order valence-corrected chi connectivity index (χ1v) is 5.92. The van der Waals surface area contributed by atoms with Crippen LogP contribution in [-0.2, 0) is 4.79 Å². The summed E-state index contributed by atoms with van der Waals surface area (Å²) in [5.74, 6) is -0.212. The zero-order valence-corrected chi connectivity index (χ0v) is 10.3. The highest BCUT2D eigenvalue weighted by atomic mass is 16.3. The zero-order chi connectivity index (χ0) is 11.7. The van der Waals surface area contributed by atoms with Gasteiger partial charge in [-0.15, -0.1) is 0 Å². The number of carbonyl (C=O) groups excluding carboxylic acids is 1. The number of aliphatic hydroxyl groups is 1. The van der Waals surface area contributed by atoms with Crippen LogP contribution < -0.4 is 0 Å². The van der Waals surface area contributed by atoms with E-state index in [9.17, 15) is 9.90 Å².